The molecular formula is C15H17NO6. The zero-order chi connectivity index (χ0) is 15.6. The maximum atomic E-state index is 11.9. The van der Waals surface area contributed by atoms with Gasteiger partial charge in [-0.25, -0.2) is 9.59 Å². The van der Waals surface area contributed by atoms with Crippen LogP contribution in [-0.4, -0.2) is 60.1 Å². The maximum Gasteiger partial charge on any atom is 0.410 e. The molecule has 0 bridgehead atoms. The lowest BCUT2D eigenvalue weighted by molar-refractivity contribution is -0.244. The van der Waals surface area contributed by atoms with E-state index in [0.29, 0.717) is 6.61 Å². The third-order valence-electron chi connectivity index (χ3n) is 3.72. The number of ether oxygens (including phenoxy) is 3. The first-order valence-electron chi connectivity index (χ1n) is 7.02. The molecule has 2 saturated heterocycles. The Morgan fingerprint density at radius 3 is 2.73 bits per heavy atom. The van der Waals surface area contributed by atoms with E-state index in [4.69, 9.17) is 19.3 Å². The van der Waals surface area contributed by atoms with E-state index in [1.165, 1.54) is 4.90 Å². The van der Waals surface area contributed by atoms with Gasteiger partial charge in [-0.3, -0.25) is 0 Å². The Kier molecular flexibility index (Phi) is 4.00. The molecule has 2 aliphatic rings. The fraction of sp³-hybridized carbons (Fsp3) is 0.467. The zero-order valence-electron chi connectivity index (χ0n) is 11.9. The minimum atomic E-state index is -1.05. The number of carbonyl (C=O) groups is 2. The Balaban J connectivity index is 1.48. The highest BCUT2D eigenvalue weighted by molar-refractivity contribution is 5.73. The number of rotatable bonds is 3. The topological polar surface area (TPSA) is 85.3 Å². The van der Waals surface area contributed by atoms with Crippen molar-refractivity contribution < 1.29 is 28.9 Å². The largest absolute Gasteiger partial charge is 0.479 e. The van der Waals surface area contributed by atoms with Gasteiger partial charge in [0.2, 0.25) is 0 Å². The van der Waals surface area contributed by atoms with Gasteiger partial charge in [0.15, 0.2) is 6.10 Å². The number of carbonyl (C=O) groups excluding carboxylic acids is 1. The highest BCUT2D eigenvalue weighted by Gasteiger charge is 2.51. The van der Waals surface area contributed by atoms with Crippen molar-refractivity contribution in [3.63, 3.8) is 0 Å². The van der Waals surface area contributed by atoms with Crippen molar-refractivity contribution in [2.45, 2.75) is 18.3 Å². The monoisotopic (exact) mass is 307 g/mol. The lowest BCUT2D eigenvalue weighted by Crippen LogP contribution is -2.70. The zero-order valence-corrected chi connectivity index (χ0v) is 11.9. The molecule has 2 fully saturated rings. The van der Waals surface area contributed by atoms with Crippen LogP contribution in [0.4, 0.5) is 4.79 Å². The molecule has 1 amide bonds. The summed E-state index contributed by atoms with van der Waals surface area (Å²) in [5.41, 5.74) is 0.196. The third kappa shape index (κ3) is 3.05. The Hall–Kier alpha value is -2.12. The highest BCUT2D eigenvalue weighted by atomic mass is 16.6. The third-order valence-corrected chi connectivity index (χ3v) is 3.72. The van der Waals surface area contributed by atoms with Crippen LogP contribution in [-0.2, 0) is 25.6 Å². The van der Waals surface area contributed by atoms with Crippen molar-refractivity contribution in [1.82, 2.24) is 4.90 Å². The van der Waals surface area contributed by atoms with Crippen LogP contribution in [0.25, 0.3) is 0 Å². The number of nitrogens with zero attached hydrogens (tertiary/aromatic N) is 1. The van der Waals surface area contributed by atoms with Crippen molar-refractivity contribution >= 4 is 12.1 Å². The first-order chi connectivity index (χ1) is 10.6. The molecule has 118 valence electrons. The number of carboxylic acid groups (broad SMARTS) is 1. The van der Waals surface area contributed by atoms with Gasteiger partial charge in [0.1, 0.15) is 12.2 Å². The lowest BCUT2D eigenvalue weighted by atomic mass is 9.94. The number of aliphatic carboxylic acids is 1. The summed E-state index contributed by atoms with van der Waals surface area (Å²) in [7, 11) is 0. The first kappa shape index (κ1) is 14.8. The Morgan fingerprint density at radius 2 is 2.05 bits per heavy atom. The Labute approximate surface area is 127 Å². The van der Waals surface area contributed by atoms with Crippen molar-refractivity contribution in [3.05, 3.63) is 35.9 Å². The van der Waals surface area contributed by atoms with E-state index in [1.807, 2.05) is 30.3 Å². The van der Waals surface area contributed by atoms with Crippen LogP contribution in [0, 0.1) is 0 Å². The summed E-state index contributed by atoms with van der Waals surface area (Å²) in [4.78, 5) is 24.4. The molecule has 0 aliphatic carbocycles. The molecule has 2 heterocycles. The average Bonchev–Trinajstić information content (AvgIpc) is 2.51. The molecule has 0 radical (unpaired) electrons. The van der Waals surface area contributed by atoms with Gasteiger partial charge in [0, 0.05) is 0 Å². The summed E-state index contributed by atoms with van der Waals surface area (Å²) in [6.45, 7) is 1.10. The van der Waals surface area contributed by atoms with E-state index < -0.39 is 23.8 Å². The molecule has 0 aromatic heterocycles. The number of hydrogen-bond donors (Lipinski definition) is 1. The molecule has 1 atom stereocenters. The fourth-order valence-corrected chi connectivity index (χ4v) is 2.60. The SMILES string of the molecule is O=C(O)C1COCC2(CN(C(=O)OCc3ccccc3)C2)O1. The molecule has 1 aromatic carbocycles. The van der Waals surface area contributed by atoms with Gasteiger partial charge in [-0.2, -0.15) is 0 Å². The highest BCUT2D eigenvalue weighted by Crippen LogP contribution is 2.31. The molecular weight excluding hydrogens is 290 g/mol. The minimum Gasteiger partial charge on any atom is -0.479 e. The number of amides is 1. The van der Waals surface area contributed by atoms with Crippen LogP contribution in [0.15, 0.2) is 30.3 Å². The van der Waals surface area contributed by atoms with E-state index in [0.717, 1.165) is 5.56 Å². The van der Waals surface area contributed by atoms with Gasteiger partial charge >= 0.3 is 12.1 Å². The fourth-order valence-electron chi connectivity index (χ4n) is 2.60. The maximum absolute atomic E-state index is 11.9. The summed E-state index contributed by atoms with van der Waals surface area (Å²) in [5, 5.41) is 8.97. The molecule has 3 rings (SSSR count). The van der Waals surface area contributed by atoms with Crippen LogP contribution in [0.5, 0.6) is 0 Å². The Bertz CT molecular complexity index is 554. The van der Waals surface area contributed by atoms with Crippen LogP contribution >= 0.6 is 0 Å². The number of hydrogen-bond acceptors (Lipinski definition) is 5. The number of carboxylic acids is 1. The van der Waals surface area contributed by atoms with Crippen molar-refractivity contribution in [2.24, 2.45) is 0 Å². The Morgan fingerprint density at radius 1 is 1.32 bits per heavy atom. The smallest absolute Gasteiger partial charge is 0.410 e. The predicted octanol–water partition coefficient (Wildman–Crippen LogP) is 0.878. The summed E-state index contributed by atoms with van der Waals surface area (Å²) < 4.78 is 16.0. The van der Waals surface area contributed by atoms with Gasteiger partial charge in [0.25, 0.3) is 0 Å². The first-order valence-corrected chi connectivity index (χ1v) is 7.02. The molecule has 1 aromatic rings. The van der Waals surface area contributed by atoms with Crippen LogP contribution in [0.3, 0.4) is 0 Å². The van der Waals surface area contributed by atoms with Crippen molar-refractivity contribution in [2.75, 3.05) is 26.3 Å². The van der Waals surface area contributed by atoms with Crippen LogP contribution in [0.1, 0.15) is 5.56 Å². The quantitative estimate of drug-likeness (QED) is 0.892. The van der Waals surface area contributed by atoms with E-state index in [-0.39, 0.29) is 26.3 Å². The average molecular weight is 307 g/mol. The van der Waals surface area contributed by atoms with Gasteiger partial charge in [-0.1, -0.05) is 30.3 Å². The molecule has 22 heavy (non-hydrogen) atoms. The molecule has 1 N–H and O–H groups in total. The lowest BCUT2D eigenvalue weighted by Gasteiger charge is -2.51. The van der Waals surface area contributed by atoms with Gasteiger partial charge in [0.05, 0.1) is 26.3 Å². The van der Waals surface area contributed by atoms with Gasteiger partial charge in [-0.05, 0) is 5.56 Å². The van der Waals surface area contributed by atoms with Crippen molar-refractivity contribution in [3.8, 4) is 0 Å². The van der Waals surface area contributed by atoms with E-state index >= 15 is 0 Å². The summed E-state index contributed by atoms with van der Waals surface area (Å²) >= 11 is 0. The second-order valence-corrected chi connectivity index (χ2v) is 5.54. The normalized spacial score (nSPS) is 22.9. The molecule has 1 unspecified atom stereocenters. The molecule has 0 saturated carbocycles. The molecule has 2 aliphatic heterocycles. The van der Waals surface area contributed by atoms with E-state index in [1.54, 1.807) is 0 Å². The standard InChI is InChI=1S/C15H17NO6/c17-13(18)12-7-20-10-15(22-12)8-16(9-15)14(19)21-6-11-4-2-1-3-5-11/h1-5,12H,6-10H2,(H,17,18). The van der Waals surface area contributed by atoms with Gasteiger partial charge < -0.3 is 24.2 Å². The summed E-state index contributed by atoms with van der Waals surface area (Å²) in [5.74, 6) is -1.05. The predicted molar refractivity (Wildman–Crippen MR) is 74.3 cm³/mol. The van der Waals surface area contributed by atoms with E-state index in [2.05, 4.69) is 0 Å². The van der Waals surface area contributed by atoms with Crippen LogP contribution < -0.4 is 0 Å². The minimum absolute atomic E-state index is 0.0372. The van der Waals surface area contributed by atoms with Crippen molar-refractivity contribution in [1.29, 1.82) is 0 Å². The summed E-state index contributed by atoms with van der Waals surface area (Å²) in [6, 6.07) is 9.40. The molecule has 7 heteroatoms. The molecule has 7 nitrogen and oxygen atoms in total. The molecule has 1 spiro atoms. The second kappa shape index (κ2) is 5.94. The van der Waals surface area contributed by atoms with Gasteiger partial charge in [-0.15, -0.1) is 0 Å². The summed E-state index contributed by atoms with van der Waals surface area (Å²) in [6.07, 6.45) is -1.41. The second-order valence-electron chi connectivity index (χ2n) is 5.54. The number of likely N-dealkylation sites (tertiary alicyclic amines) is 1. The van der Waals surface area contributed by atoms with E-state index in [9.17, 15) is 9.59 Å². The number of benzene rings is 1. The van der Waals surface area contributed by atoms with Crippen LogP contribution in [0.2, 0.25) is 0 Å².